The third kappa shape index (κ3) is 4.32. The normalized spacial score (nSPS) is 13.9. The molecule has 0 amide bonds. The zero-order valence-electron chi connectivity index (χ0n) is 9.76. The Morgan fingerprint density at radius 3 is 2.75 bits per heavy atom. The van der Waals surface area contributed by atoms with Crippen LogP contribution >= 0.6 is 0 Å². The summed E-state index contributed by atoms with van der Waals surface area (Å²) in [4.78, 5) is 0. The number of hydrogen-bond acceptors (Lipinski definition) is 4. The molecule has 0 fully saturated rings. The average molecular weight is 245 g/mol. The van der Waals surface area contributed by atoms with Gasteiger partial charge in [0.2, 0.25) is 0 Å². The summed E-state index contributed by atoms with van der Waals surface area (Å²) in [6, 6.07) is -0.251. The standard InChI is InChI=1S/C10H19N3O2S/c1-3-10(11)8-16(14,15)5-4-9-6-12-13(2)7-9/h6-7,10H,3-5,8,11H2,1-2H3. The summed E-state index contributed by atoms with van der Waals surface area (Å²) in [5, 5.41) is 3.99. The van der Waals surface area contributed by atoms with Gasteiger partial charge in [-0.1, -0.05) is 6.92 Å². The van der Waals surface area contributed by atoms with E-state index in [0.29, 0.717) is 12.8 Å². The molecule has 1 aromatic heterocycles. The topological polar surface area (TPSA) is 78.0 Å². The highest BCUT2D eigenvalue weighted by molar-refractivity contribution is 7.91. The number of nitrogens with zero attached hydrogens (tertiary/aromatic N) is 2. The SMILES string of the molecule is CCC(N)CS(=O)(=O)CCc1cnn(C)c1. The second kappa shape index (κ2) is 5.45. The van der Waals surface area contributed by atoms with Crippen LogP contribution in [0.5, 0.6) is 0 Å². The van der Waals surface area contributed by atoms with E-state index in [-0.39, 0.29) is 17.5 Å². The van der Waals surface area contributed by atoms with Crippen molar-refractivity contribution in [1.82, 2.24) is 9.78 Å². The lowest BCUT2D eigenvalue weighted by Gasteiger charge is -2.08. The molecule has 16 heavy (non-hydrogen) atoms. The van der Waals surface area contributed by atoms with E-state index < -0.39 is 9.84 Å². The molecule has 0 aromatic carbocycles. The molecule has 0 aliphatic carbocycles. The molecule has 0 bridgehead atoms. The van der Waals surface area contributed by atoms with Gasteiger partial charge in [0.05, 0.1) is 17.7 Å². The van der Waals surface area contributed by atoms with Crippen molar-refractivity contribution in [2.45, 2.75) is 25.8 Å². The Morgan fingerprint density at radius 1 is 1.56 bits per heavy atom. The first-order chi connectivity index (χ1) is 7.43. The predicted octanol–water partition coefficient (Wildman–Crippen LogP) is 0.115. The fraction of sp³-hybridized carbons (Fsp3) is 0.700. The second-order valence-corrected chi connectivity index (χ2v) is 6.28. The Kier molecular flexibility index (Phi) is 4.49. The summed E-state index contributed by atoms with van der Waals surface area (Å²) >= 11 is 0. The highest BCUT2D eigenvalue weighted by atomic mass is 32.2. The third-order valence-corrected chi connectivity index (χ3v) is 4.21. The zero-order valence-corrected chi connectivity index (χ0v) is 10.6. The quantitative estimate of drug-likeness (QED) is 0.772. The fourth-order valence-corrected chi connectivity index (χ4v) is 3.00. The molecular formula is C10H19N3O2S. The maximum absolute atomic E-state index is 11.7. The van der Waals surface area contributed by atoms with Crippen LogP contribution < -0.4 is 5.73 Å². The molecule has 1 heterocycles. The molecule has 1 rings (SSSR count). The maximum atomic E-state index is 11.7. The van der Waals surface area contributed by atoms with Crippen molar-refractivity contribution >= 4 is 9.84 Å². The van der Waals surface area contributed by atoms with Crippen LogP contribution in [0, 0.1) is 0 Å². The van der Waals surface area contributed by atoms with Gasteiger partial charge in [0.25, 0.3) is 0 Å². The molecule has 0 saturated carbocycles. The summed E-state index contributed by atoms with van der Waals surface area (Å²) in [5.41, 5.74) is 6.58. The summed E-state index contributed by atoms with van der Waals surface area (Å²) < 4.78 is 25.0. The Hall–Kier alpha value is -0.880. The lowest BCUT2D eigenvalue weighted by Crippen LogP contribution is -2.30. The van der Waals surface area contributed by atoms with Gasteiger partial charge in [-0.3, -0.25) is 4.68 Å². The first-order valence-electron chi connectivity index (χ1n) is 5.36. The van der Waals surface area contributed by atoms with Gasteiger partial charge in [-0.05, 0) is 18.4 Å². The highest BCUT2D eigenvalue weighted by Crippen LogP contribution is 2.03. The first-order valence-corrected chi connectivity index (χ1v) is 7.18. The zero-order chi connectivity index (χ0) is 12.2. The number of aryl methyl sites for hydroxylation is 2. The van der Waals surface area contributed by atoms with Crippen molar-refractivity contribution in [2.75, 3.05) is 11.5 Å². The van der Waals surface area contributed by atoms with Crippen LogP contribution in [-0.4, -0.2) is 35.7 Å². The van der Waals surface area contributed by atoms with E-state index in [1.165, 1.54) is 0 Å². The van der Waals surface area contributed by atoms with E-state index in [1.54, 1.807) is 10.9 Å². The Labute approximate surface area is 96.6 Å². The van der Waals surface area contributed by atoms with E-state index in [0.717, 1.165) is 5.56 Å². The molecule has 0 spiro atoms. The molecule has 1 aromatic rings. The third-order valence-electron chi connectivity index (χ3n) is 2.45. The molecule has 1 atom stereocenters. The van der Waals surface area contributed by atoms with Gasteiger partial charge >= 0.3 is 0 Å². The van der Waals surface area contributed by atoms with E-state index >= 15 is 0 Å². The van der Waals surface area contributed by atoms with Gasteiger partial charge < -0.3 is 5.73 Å². The minimum atomic E-state index is -3.04. The molecule has 0 aliphatic rings. The molecule has 0 saturated heterocycles. The molecule has 0 radical (unpaired) electrons. The van der Waals surface area contributed by atoms with Crippen LogP contribution in [-0.2, 0) is 23.3 Å². The van der Waals surface area contributed by atoms with Crippen molar-refractivity contribution in [3.8, 4) is 0 Å². The highest BCUT2D eigenvalue weighted by Gasteiger charge is 2.15. The second-order valence-electron chi connectivity index (χ2n) is 4.05. The molecule has 1 unspecified atom stereocenters. The summed E-state index contributed by atoms with van der Waals surface area (Å²) in [7, 11) is -1.23. The minimum Gasteiger partial charge on any atom is -0.327 e. The van der Waals surface area contributed by atoms with Crippen LogP contribution in [0.1, 0.15) is 18.9 Å². The van der Waals surface area contributed by atoms with Crippen LogP contribution in [0.2, 0.25) is 0 Å². The number of hydrogen-bond donors (Lipinski definition) is 1. The lowest BCUT2D eigenvalue weighted by atomic mass is 10.3. The van der Waals surface area contributed by atoms with Gasteiger partial charge in [0.15, 0.2) is 9.84 Å². The van der Waals surface area contributed by atoms with Gasteiger partial charge in [0.1, 0.15) is 0 Å². The van der Waals surface area contributed by atoms with Gasteiger partial charge in [-0.2, -0.15) is 5.10 Å². The maximum Gasteiger partial charge on any atom is 0.152 e. The molecule has 0 aliphatic heterocycles. The van der Waals surface area contributed by atoms with E-state index in [9.17, 15) is 8.42 Å². The molecular weight excluding hydrogens is 226 g/mol. The molecule has 2 N–H and O–H groups in total. The minimum absolute atomic E-state index is 0.0732. The van der Waals surface area contributed by atoms with Gasteiger partial charge in [-0.15, -0.1) is 0 Å². The summed E-state index contributed by atoms with van der Waals surface area (Å²) in [5.74, 6) is 0.218. The average Bonchev–Trinajstić information content (AvgIpc) is 2.61. The molecule has 92 valence electrons. The first kappa shape index (κ1) is 13.2. The summed E-state index contributed by atoms with van der Waals surface area (Å²) in [6.07, 6.45) is 4.71. The summed E-state index contributed by atoms with van der Waals surface area (Å²) in [6.45, 7) is 1.89. The predicted molar refractivity (Wildman–Crippen MR) is 63.8 cm³/mol. The van der Waals surface area contributed by atoms with Crippen molar-refractivity contribution in [1.29, 1.82) is 0 Å². The molecule has 5 nitrogen and oxygen atoms in total. The monoisotopic (exact) mass is 245 g/mol. The number of aromatic nitrogens is 2. The van der Waals surface area contributed by atoms with E-state index in [1.807, 2.05) is 20.2 Å². The number of nitrogens with two attached hydrogens (primary N) is 1. The van der Waals surface area contributed by atoms with Gasteiger partial charge in [0, 0.05) is 19.3 Å². The lowest BCUT2D eigenvalue weighted by molar-refractivity contribution is 0.583. The fourth-order valence-electron chi connectivity index (χ4n) is 1.40. The van der Waals surface area contributed by atoms with Crippen LogP contribution in [0.15, 0.2) is 12.4 Å². The molecule has 6 heteroatoms. The van der Waals surface area contributed by atoms with Crippen LogP contribution in [0.25, 0.3) is 0 Å². The smallest absolute Gasteiger partial charge is 0.152 e. The van der Waals surface area contributed by atoms with Crippen LogP contribution in [0.4, 0.5) is 0 Å². The van der Waals surface area contributed by atoms with Crippen molar-refractivity contribution < 1.29 is 8.42 Å². The van der Waals surface area contributed by atoms with Crippen LogP contribution in [0.3, 0.4) is 0 Å². The van der Waals surface area contributed by atoms with E-state index in [2.05, 4.69) is 5.10 Å². The Bertz CT molecular complexity index is 425. The van der Waals surface area contributed by atoms with Crippen molar-refractivity contribution in [2.24, 2.45) is 12.8 Å². The number of sulfone groups is 1. The number of rotatable bonds is 6. The largest absolute Gasteiger partial charge is 0.327 e. The van der Waals surface area contributed by atoms with Crippen molar-refractivity contribution in [3.05, 3.63) is 18.0 Å². The Morgan fingerprint density at radius 2 is 2.25 bits per heavy atom. The van der Waals surface area contributed by atoms with Gasteiger partial charge in [-0.25, -0.2) is 8.42 Å². The van der Waals surface area contributed by atoms with Crippen molar-refractivity contribution in [3.63, 3.8) is 0 Å². The van der Waals surface area contributed by atoms with E-state index in [4.69, 9.17) is 5.73 Å². The Balaban J connectivity index is 2.48.